The molecule has 1 aromatic rings. The van der Waals surface area contributed by atoms with Crippen LogP contribution in [0.5, 0.6) is 5.75 Å². The minimum absolute atomic E-state index is 0.0612. The summed E-state index contributed by atoms with van der Waals surface area (Å²) in [4.78, 5) is 32.3. The lowest BCUT2D eigenvalue weighted by Gasteiger charge is -2.22. The zero-order valence-corrected chi connectivity index (χ0v) is 18.5. The van der Waals surface area contributed by atoms with Crippen LogP contribution < -0.4 is 10.1 Å². The molecule has 1 atom stereocenters. The number of hydrogen-bond donors (Lipinski definition) is 1. The number of benzene rings is 1. The highest BCUT2D eigenvalue weighted by atomic mass is 32.2. The Kier molecular flexibility index (Phi) is 7.04. The van der Waals surface area contributed by atoms with Gasteiger partial charge < -0.3 is 15.0 Å². The maximum Gasteiger partial charge on any atom is 0.283 e. The first-order valence-electron chi connectivity index (χ1n) is 10.7. The van der Waals surface area contributed by atoms with Crippen molar-refractivity contribution in [2.45, 2.75) is 24.5 Å². The number of carbonyl (C=O) groups excluding carboxylic acids is 2. The Labute approximate surface area is 187 Å². The fourth-order valence-electron chi connectivity index (χ4n) is 3.84. The van der Waals surface area contributed by atoms with E-state index in [0.717, 1.165) is 24.3 Å². The van der Waals surface area contributed by atoms with E-state index in [2.05, 4.69) is 15.2 Å². The van der Waals surface area contributed by atoms with Crippen LogP contribution in [0.1, 0.15) is 24.8 Å². The summed E-state index contributed by atoms with van der Waals surface area (Å²) >= 11 is 1.46. The molecule has 162 valence electrons. The van der Waals surface area contributed by atoms with Crippen molar-refractivity contribution < 1.29 is 14.3 Å². The lowest BCUT2D eigenvalue weighted by Crippen LogP contribution is -2.31. The lowest BCUT2D eigenvalue weighted by molar-refractivity contribution is -0.117. The fourth-order valence-corrected chi connectivity index (χ4v) is 4.86. The first kappa shape index (κ1) is 21.6. The van der Waals surface area contributed by atoms with E-state index >= 15 is 0 Å². The van der Waals surface area contributed by atoms with E-state index in [0.29, 0.717) is 22.7 Å². The zero-order valence-electron chi connectivity index (χ0n) is 17.7. The molecule has 2 aliphatic heterocycles. The topological polar surface area (TPSA) is 71.0 Å². The van der Waals surface area contributed by atoms with Gasteiger partial charge in [0.2, 0.25) is 0 Å². The second-order valence-electron chi connectivity index (χ2n) is 7.78. The Hall–Kier alpha value is -2.64. The molecule has 0 saturated carbocycles. The molecule has 31 heavy (non-hydrogen) atoms. The maximum absolute atomic E-state index is 12.5. The van der Waals surface area contributed by atoms with Gasteiger partial charge in [0.25, 0.3) is 11.8 Å². The predicted octanol–water partition coefficient (Wildman–Crippen LogP) is 3.22. The Morgan fingerprint density at radius 1 is 1.29 bits per heavy atom. The number of aliphatic imine (C=N–C) groups is 1. The average molecular weight is 438 g/mol. The second kappa shape index (κ2) is 10.1. The van der Waals surface area contributed by atoms with Crippen molar-refractivity contribution in [1.82, 2.24) is 10.2 Å². The van der Waals surface area contributed by atoms with Crippen molar-refractivity contribution in [1.29, 1.82) is 0 Å². The standard InChI is InChI=1S/C24H27N3O3S/c1-30-19-8-5-17(6-9-19)15-22-24(29)26-20-16-18(7-10-21(20)31-22)23(28)25-11-4-14-27-12-2-3-13-27/h5-10,15-16,21H,2-4,11-14H2,1H3,(H,25,28)/b22-15+. The van der Waals surface area contributed by atoms with E-state index in [1.54, 1.807) is 13.2 Å². The highest BCUT2D eigenvalue weighted by molar-refractivity contribution is 8.05. The van der Waals surface area contributed by atoms with E-state index in [1.807, 2.05) is 42.5 Å². The summed E-state index contributed by atoms with van der Waals surface area (Å²) in [7, 11) is 1.62. The molecule has 3 aliphatic rings. The van der Waals surface area contributed by atoms with Gasteiger partial charge in [-0.2, -0.15) is 0 Å². The van der Waals surface area contributed by atoms with Crippen molar-refractivity contribution in [3.8, 4) is 5.75 Å². The molecule has 0 spiro atoms. The molecular weight excluding hydrogens is 410 g/mol. The maximum atomic E-state index is 12.5. The van der Waals surface area contributed by atoms with Crippen LogP contribution in [-0.4, -0.2) is 61.0 Å². The minimum Gasteiger partial charge on any atom is -0.497 e. The number of hydrogen-bond acceptors (Lipinski definition) is 5. The molecule has 1 aliphatic carbocycles. The van der Waals surface area contributed by atoms with E-state index in [1.165, 1.54) is 37.7 Å². The number of carbonyl (C=O) groups is 2. The van der Waals surface area contributed by atoms with E-state index in [4.69, 9.17) is 4.74 Å². The number of fused-ring (bicyclic) bond motifs is 1. The predicted molar refractivity (Wildman–Crippen MR) is 125 cm³/mol. The van der Waals surface area contributed by atoms with Gasteiger partial charge in [-0.15, -0.1) is 11.8 Å². The fraction of sp³-hybridized carbons (Fsp3) is 0.375. The number of amides is 2. The van der Waals surface area contributed by atoms with Crippen LogP contribution in [0.15, 0.2) is 58.0 Å². The first-order chi connectivity index (χ1) is 15.1. The molecule has 7 heteroatoms. The molecule has 0 aromatic heterocycles. The Morgan fingerprint density at radius 3 is 2.81 bits per heavy atom. The second-order valence-corrected chi connectivity index (χ2v) is 8.96. The van der Waals surface area contributed by atoms with Gasteiger partial charge in [0.1, 0.15) is 5.75 Å². The molecule has 2 amide bonds. The highest BCUT2D eigenvalue weighted by Gasteiger charge is 2.28. The Balaban J connectivity index is 1.35. The number of likely N-dealkylation sites (tertiary alicyclic amines) is 1. The highest BCUT2D eigenvalue weighted by Crippen LogP contribution is 2.34. The molecule has 4 rings (SSSR count). The summed E-state index contributed by atoms with van der Waals surface area (Å²) in [5.74, 6) is 0.382. The van der Waals surface area contributed by atoms with Gasteiger partial charge in [-0.3, -0.25) is 9.59 Å². The molecule has 1 saturated heterocycles. The molecule has 1 N–H and O–H groups in total. The van der Waals surface area contributed by atoms with Crippen LogP contribution >= 0.6 is 11.8 Å². The molecule has 0 bridgehead atoms. The monoisotopic (exact) mass is 437 g/mol. The summed E-state index contributed by atoms with van der Waals surface area (Å²) in [6.07, 6.45) is 10.8. The molecule has 0 radical (unpaired) electrons. The van der Waals surface area contributed by atoms with E-state index < -0.39 is 0 Å². The van der Waals surface area contributed by atoms with Gasteiger partial charge in [-0.1, -0.05) is 24.3 Å². The summed E-state index contributed by atoms with van der Waals surface area (Å²) < 4.78 is 5.17. The van der Waals surface area contributed by atoms with Crippen molar-refractivity contribution in [3.63, 3.8) is 0 Å². The SMILES string of the molecule is COc1ccc(/C=C2/SC3C=CC(C(=O)NCCCN4CCCC4)=CC3=NC2=O)cc1. The van der Waals surface area contributed by atoms with Crippen molar-refractivity contribution in [3.05, 3.63) is 58.5 Å². The molecule has 1 aromatic carbocycles. The van der Waals surface area contributed by atoms with Crippen LogP contribution in [-0.2, 0) is 9.59 Å². The third-order valence-corrected chi connectivity index (χ3v) is 6.75. The number of ether oxygens (including phenoxy) is 1. The van der Waals surface area contributed by atoms with Crippen LogP contribution in [0.3, 0.4) is 0 Å². The van der Waals surface area contributed by atoms with Crippen LogP contribution in [0.4, 0.5) is 0 Å². The van der Waals surface area contributed by atoms with E-state index in [-0.39, 0.29) is 17.1 Å². The number of methoxy groups -OCH3 is 1. The number of allylic oxidation sites excluding steroid dienone is 1. The van der Waals surface area contributed by atoms with Gasteiger partial charge >= 0.3 is 0 Å². The van der Waals surface area contributed by atoms with Crippen molar-refractivity contribution >= 4 is 35.4 Å². The number of nitrogens with one attached hydrogen (secondary N) is 1. The first-order valence-corrected chi connectivity index (χ1v) is 11.6. The summed E-state index contributed by atoms with van der Waals surface area (Å²) in [5, 5.41) is 2.92. The quantitative estimate of drug-likeness (QED) is 0.524. The summed E-state index contributed by atoms with van der Waals surface area (Å²) in [6, 6.07) is 7.53. The smallest absolute Gasteiger partial charge is 0.283 e. The van der Waals surface area contributed by atoms with Crippen molar-refractivity contribution in [2.75, 3.05) is 33.3 Å². The number of nitrogens with zero attached hydrogens (tertiary/aromatic N) is 2. The van der Waals surface area contributed by atoms with Crippen molar-refractivity contribution in [2.24, 2.45) is 4.99 Å². The Morgan fingerprint density at radius 2 is 2.06 bits per heavy atom. The zero-order chi connectivity index (χ0) is 21.6. The van der Waals surface area contributed by atoms with Crippen LogP contribution in [0.25, 0.3) is 6.08 Å². The van der Waals surface area contributed by atoms with Gasteiger partial charge in [-0.05, 0) is 68.7 Å². The third-order valence-electron chi connectivity index (χ3n) is 5.55. The molecule has 6 nitrogen and oxygen atoms in total. The largest absolute Gasteiger partial charge is 0.497 e. The van der Waals surface area contributed by atoms with Gasteiger partial charge in [-0.25, -0.2) is 4.99 Å². The Bertz CT molecular complexity index is 957. The molecular formula is C24H27N3O3S. The van der Waals surface area contributed by atoms with Gasteiger partial charge in [0, 0.05) is 12.1 Å². The summed E-state index contributed by atoms with van der Waals surface area (Å²) in [5.41, 5.74) is 2.10. The summed E-state index contributed by atoms with van der Waals surface area (Å²) in [6.45, 7) is 4.02. The van der Waals surface area contributed by atoms with E-state index in [9.17, 15) is 9.59 Å². The molecule has 1 fully saturated rings. The minimum atomic E-state index is -0.274. The normalized spacial score (nSPS) is 22.2. The number of rotatable bonds is 7. The van der Waals surface area contributed by atoms with Crippen LogP contribution in [0.2, 0.25) is 0 Å². The molecule has 2 heterocycles. The van der Waals surface area contributed by atoms with Gasteiger partial charge in [0.15, 0.2) is 0 Å². The average Bonchev–Trinajstić information content (AvgIpc) is 3.31. The van der Waals surface area contributed by atoms with Gasteiger partial charge in [0.05, 0.1) is 23.0 Å². The van der Waals surface area contributed by atoms with Crippen LogP contribution in [0, 0.1) is 0 Å². The third kappa shape index (κ3) is 5.54. The lowest BCUT2D eigenvalue weighted by atomic mass is 10.0. The number of thioether (sulfide) groups is 1. The molecule has 1 unspecified atom stereocenters.